The molecule has 1 fully saturated rings. The van der Waals surface area contributed by atoms with Crippen LogP contribution in [-0.4, -0.2) is 40.3 Å². The van der Waals surface area contributed by atoms with Gasteiger partial charge in [-0.2, -0.15) is 5.10 Å². The van der Waals surface area contributed by atoms with Gasteiger partial charge in [0.05, 0.1) is 5.92 Å². The van der Waals surface area contributed by atoms with Crippen molar-refractivity contribution in [2.24, 2.45) is 5.92 Å². The lowest BCUT2D eigenvalue weighted by atomic mass is 9.87. The van der Waals surface area contributed by atoms with Crippen LogP contribution in [0.5, 0.6) is 0 Å². The van der Waals surface area contributed by atoms with Gasteiger partial charge in [0.25, 0.3) is 0 Å². The van der Waals surface area contributed by atoms with Crippen molar-refractivity contribution in [2.45, 2.75) is 36.6 Å². The number of nitrogens with one attached hydrogen (secondary N) is 1. The van der Waals surface area contributed by atoms with E-state index in [0.717, 1.165) is 0 Å². The summed E-state index contributed by atoms with van der Waals surface area (Å²) in [6.45, 7) is 0. The summed E-state index contributed by atoms with van der Waals surface area (Å²) < 4.78 is 29.0. The number of carboxylic acids is 1. The first kappa shape index (κ1) is 16.6. The van der Waals surface area contributed by atoms with Crippen LogP contribution < -0.4 is 4.72 Å². The average molecular weight is 350 g/mol. The summed E-state index contributed by atoms with van der Waals surface area (Å²) in [7, 11) is -3.67. The number of carboxylic acid groups (broad SMARTS) is 1. The fraction of sp³-hybridized carbons (Fsp3) is 0.400. The van der Waals surface area contributed by atoms with E-state index in [1.165, 1.54) is 16.9 Å². The lowest BCUT2D eigenvalue weighted by Crippen LogP contribution is -2.38. The van der Waals surface area contributed by atoms with Crippen LogP contribution in [0.2, 0.25) is 0 Å². The fourth-order valence-electron chi connectivity index (χ4n) is 2.82. The van der Waals surface area contributed by atoms with Crippen molar-refractivity contribution >= 4 is 16.0 Å². The highest BCUT2D eigenvalue weighted by Crippen LogP contribution is 2.25. The molecule has 1 aliphatic rings. The zero-order chi connectivity index (χ0) is 17.2. The van der Waals surface area contributed by atoms with Crippen molar-refractivity contribution in [3.05, 3.63) is 36.8 Å². The molecule has 0 saturated heterocycles. The minimum absolute atomic E-state index is 0.0822. The van der Waals surface area contributed by atoms with Crippen molar-refractivity contribution in [2.75, 3.05) is 0 Å². The molecule has 2 N–H and O–H groups in total. The van der Waals surface area contributed by atoms with Crippen LogP contribution in [-0.2, 0) is 14.8 Å². The van der Waals surface area contributed by atoms with E-state index in [-0.39, 0.29) is 16.9 Å². The third-order valence-corrected chi connectivity index (χ3v) is 5.67. The highest BCUT2D eigenvalue weighted by atomic mass is 32.2. The molecule has 1 aliphatic carbocycles. The van der Waals surface area contributed by atoms with Crippen molar-refractivity contribution in [3.63, 3.8) is 0 Å². The van der Waals surface area contributed by atoms with Gasteiger partial charge >= 0.3 is 5.97 Å². The summed E-state index contributed by atoms with van der Waals surface area (Å²) in [6, 6.07) is 4.58. The lowest BCUT2D eigenvalue weighted by Gasteiger charge is -2.26. The summed E-state index contributed by atoms with van der Waals surface area (Å²) in [5.74, 6) is -0.656. The summed E-state index contributed by atoms with van der Waals surface area (Å²) in [5, 5.41) is 13.0. The van der Waals surface area contributed by atoms with E-state index in [4.69, 9.17) is 5.11 Å². The van der Waals surface area contributed by atoms with E-state index in [1.807, 2.05) is 0 Å². The largest absolute Gasteiger partial charge is 0.481 e. The monoisotopic (exact) mass is 350 g/mol. The molecule has 0 aliphatic heterocycles. The number of aromatic nitrogens is 3. The van der Waals surface area contributed by atoms with Gasteiger partial charge in [-0.25, -0.2) is 22.8 Å². The molecule has 0 bridgehead atoms. The van der Waals surface area contributed by atoms with Gasteiger partial charge in [0.1, 0.15) is 4.90 Å². The van der Waals surface area contributed by atoms with Gasteiger partial charge in [0, 0.05) is 24.6 Å². The standard InChI is InChI=1S/C15H18N4O4S/c20-15(21)11-2-4-12(5-3-11)18-24(22,23)13-6-7-14(16-10-13)19-9-1-8-17-19/h1,6-12,18H,2-5H2,(H,20,21)/t11-,12-. The first-order chi connectivity index (χ1) is 11.5. The van der Waals surface area contributed by atoms with E-state index < -0.39 is 16.0 Å². The normalized spacial score (nSPS) is 21.5. The van der Waals surface area contributed by atoms with Gasteiger partial charge < -0.3 is 5.11 Å². The molecule has 1 saturated carbocycles. The number of hydrogen-bond donors (Lipinski definition) is 2. The summed E-state index contributed by atoms with van der Waals surface area (Å²) in [4.78, 5) is 15.1. The van der Waals surface area contributed by atoms with E-state index in [9.17, 15) is 13.2 Å². The predicted molar refractivity (Wildman–Crippen MR) is 85.1 cm³/mol. The number of nitrogens with zero attached hydrogens (tertiary/aromatic N) is 3. The number of aliphatic carboxylic acids is 1. The van der Waals surface area contributed by atoms with Crippen LogP contribution in [0.25, 0.3) is 5.82 Å². The summed E-state index contributed by atoms with van der Waals surface area (Å²) in [5.41, 5.74) is 0. The second-order valence-corrected chi connectivity index (χ2v) is 7.52. The van der Waals surface area contributed by atoms with E-state index in [0.29, 0.717) is 31.5 Å². The minimum Gasteiger partial charge on any atom is -0.481 e. The zero-order valence-corrected chi connectivity index (χ0v) is 13.7. The predicted octanol–water partition coefficient (Wildman–Crippen LogP) is 1.19. The Balaban J connectivity index is 1.66. The van der Waals surface area contributed by atoms with Gasteiger partial charge in [0.15, 0.2) is 5.82 Å². The Labute approximate surface area is 139 Å². The lowest BCUT2D eigenvalue weighted by molar-refractivity contribution is -0.142. The Morgan fingerprint density at radius 2 is 2.00 bits per heavy atom. The van der Waals surface area contributed by atoms with Gasteiger partial charge in [-0.15, -0.1) is 0 Å². The highest BCUT2D eigenvalue weighted by molar-refractivity contribution is 7.89. The van der Waals surface area contributed by atoms with E-state index in [1.54, 1.807) is 24.5 Å². The molecule has 0 spiro atoms. The molecule has 2 aromatic rings. The molecule has 0 radical (unpaired) electrons. The van der Waals surface area contributed by atoms with Crippen molar-refractivity contribution < 1.29 is 18.3 Å². The molecular weight excluding hydrogens is 332 g/mol. The first-order valence-electron chi connectivity index (χ1n) is 7.67. The average Bonchev–Trinajstić information content (AvgIpc) is 3.09. The third-order valence-electron chi connectivity index (χ3n) is 4.17. The Morgan fingerprint density at radius 1 is 1.25 bits per heavy atom. The third kappa shape index (κ3) is 3.62. The van der Waals surface area contributed by atoms with Crippen LogP contribution >= 0.6 is 0 Å². The topological polar surface area (TPSA) is 114 Å². The molecule has 0 atom stereocenters. The van der Waals surface area contributed by atoms with Crippen LogP contribution in [0, 0.1) is 5.92 Å². The zero-order valence-electron chi connectivity index (χ0n) is 12.9. The van der Waals surface area contributed by atoms with Crippen LogP contribution in [0.4, 0.5) is 0 Å². The Morgan fingerprint density at radius 3 is 2.54 bits per heavy atom. The number of rotatable bonds is 5. The molecule has 128 valence electrons. The molecule has 0 aromatic carbocycles. The first-order valence-corrected chi connectivity index (χ1v) is 9.15. The van der Waals surface area contributed by atoms with Crippen molar-refractivity contribution in [1.29, 1.82) is 0 Å². The number of sulfonamides is 1. The molecular formula is C15H18N4O4S. The SMILES string of the molecule is O=C(O)[C@H]1CC[C@H](NS(=O)(=O)c2ccc(-n3cccn3)nc2)CC1. The van der Waals surface area contributed by atoms with Gasteiger partial charge in [-0.05, 0) is 43.9 Å². The Bertz CT molecular complexity index is 795. The van der Waals surface area contributed by atoms with E-state index >= 15 is 0 Å². The number of carbonyl (C=O) groups is 1. The smallest absolute Gasteiger partial charge is 0.306 e. The Hall–Kier alpha value is -2.26. The molecule has 2 heterocycles. The molecule has 0 unspecified atom stereocenters. The van der Waals surface area contributed by atoms with Crippen molar-refractivity contribution in [3.8, 4) is 5.82 Å². The molecule has 2 aromatic heterocycles. The fourth-order valence-corrected chi connectivity index (χ4v) is 4.07. The van der Waals surface area contributed by atoms with Gasteiger partial charge in [-0.1, -0.05) is 0 Å². The summed E-state index contributed by atoms with van der Waals surface area (Å²) >= 11 is 0. The second-order valence-electron chi connectivity index (χ2n) is 5.81. The molecule has 3 rings (SSSR count). The number of pyridine rings is 1. The highest BCUT2D eigenvalue weighted by Gasteiger charge is 2.29. The quantitative estimate of drug-likeness (QED) is 0.837. The summed E-state index contributed by atoms with van der Waals surface area (Å²) in [6.07, 6.45) is 6.64. The molecule has 9 heteroatoms. The maximum absolute atomic E-state index is 12.4. The maximum atomic E-state index is 12.4. The van der Waals surface area contributed by atoms with Crippen LogP contribution in [0.15, 0.2) is 41.7 Å². The van der Waals surface area contributed by atoms with Crippen molar-refractivity contribution in [1.82, 2.24) is 19.5 Å². The molecule has 0 amide bonds. The molecule has 24 heavy (non-hydrogen) atoms. The van der Waals surface area contributed by atoms with Gasteiger partial charge in [-0.3, -0.25) is 4.79 Å². The van der Waals surface area contributed by atoms with Crippen LogP contribution in [0.1, 0.15) is 25.7 Å². The van der Waals surface area contributed by atoms with Crippen LogP contribution in [0.3, 0.4) is 0 Å². The number of hydrogen-bond acceptors (Lipinski definition) is 5. The van der Waals surface area contributed by atoms with E-state index in [2.05, 4.69) is 14.8 Å². The Kier molecular flexibility index (Phi) is 4.63. The second kappa shape index (κ2) is 6.70. The molecule has 8 nitrogen and oxygen atoms in total. The maximum Gasteiger partial charge on any atom is 0.306 e. The minimum atomic E-state index is -3.67. The van der Waals surface area contributed by atoms with Gasteiger partial charge in [0.2, 0.25) is 10.0 Å².